The van der Waals surface area contributed by atoms with Gasteiger partial charge >= 0.3 is 0 Å². The second-order valence-corrected chi connectivity index (χ2v) is 5.68. The van der Waals surface area contributed by atoms with Crippen LogP contribution < -0.4 is 15.4 Å². The van der Waals surface area contributed by atoms with Crippen LogP contribution >= 0.6 is 24.0 Å². The first-order valence-corrected chi connectivity index (χ1v) is 8.46. The zero-order valence-corrected chi connectivity index (χ0v) is 17.8. The molecule has 0 unspecified atom stereocenters. The molecule has 0 amide bonds. The van der Waals surface area contributed by atoms with Gasteiger partial charge in [0.15, 0.2) is 5.96 Å². The van der Waals surface area contributed by atoms with Crippen molar-refractivity contribution >= 4 is 29.9 Å². The topological polar surface area (TPSA) is 63.5 Å². The van der Waals surface area contributed by atoms with E-state index in [9.17, 15) is 0 Å². The molecule has 142 valence electrons. The zero-order valence-electron chi connectivity index (χ0n) is 15.4. The summed E-state index contributed by atoms with van der Waals surface area (Å²) in [5.41, 5.74) is 3.05. The molecule has 1 aromatic heterocycles. The van der Waals surface area contributed by atoms with Crippen molar-refractivity contribution in [1.29, 1.82) is 0 Å². The standard InChI is InChI=1S/C20H23N5O.HI/c1-21-20(22-14-16-8-6-7-11-19(16)26-2)23-15-17-12-13-25(24-17)18-9-4-3-5-10-18;/h3-13H,14-15H2,1-2H3,(H2,21,22,23);1H. The molecule has 2 N–H and O–H groups in total. The Hall–Kier alpha value is -2.55. The van der Waals surface area contributed by atoms with Gasteiger partial charge in [-0.2, -0.15) is 5.10 Å². The maximum atomic E-state index is 5.37. The van der Waals surface area contributed by atoms with E-state index in [1.165, 1.54) is 0 Å². The number of para-hydroxylation sites is 2. The highest BCUT2D eigenvalue weighted by Crippen LogP contribution is 2.16. The number of nitrogens with zero attached hydrogens (tertiary/aromatic N) is 3. The molecule has 0 aliphatic carbocycles. The number of aliphatic imine (C=N–C) groups is 1. The van der Waals surface area contributed by atoms with Crippen LogP contribution in [0.2, 0.25) is 0 Å². The van der Waals surface area contributed by atoms with Crippen LogP contribution in [0.5, 0.6) is 5.75 Å². The third-order valence-corrected chi connectivity index (χ3v) is 3.96. The molecular formula is C20H24IN5O. The van der Waals surface area contributed by atoms with Crippen molar-refractivity contribution in [1.82, 2.24) is 20.4 Å². The van der Waals surface area contributed by atoms with Crippen LogP contribution in [0.25, 0.3) is 5.69 Å². The molecule has 0 atom stereocenters. The molecule has 2 aromatic carbocycles. The average molecular weight is 477 g/mol. The number of methoxy groups -OCH3 is 1. The van der Waals surface area contributed by atoms with Crippen LogP contribution in [0.3, 0.4) is 0 Å². The highest BCUT2D eigenvalue weighted by molar-refractivity contribution is 14.0. The number of hydrogen-bond acceptors (Lipinski definition) is 3. The molecule has 7 heteroatoms. The van der Waals surface area contributed by atoms with Crippen molar-refractivity contribution in [2.45, 2.75) is 13.1 Å². The van der Waals surface area contributed by atoms with E-state index in [-0.39, 0.29) is 24.0 Å². The van der Waals surface area contributed by atoms with Gasteiger partial charge in [0, 0.05) is 25.4 Å². The van der Waals surface area contributed by atoms with Crippen molar-refractivity contribution in [3.8, 4) is 11.4 Å². The Morgan fingerprint density at radius 3 is 2.44 bits per heavy atom. The predicted octanol–water partition coefficient (Wildman–Crippen LogP) is 3.36. The van der Waals surface area contributed by atoms with Crippen molar-refractivity contribution in [3.63, 3.8) is 0 Å². The third-order valence-electron chi connectivity index (χ3n) is 3.96. The van der Waals surface area contributed by atoms with Crippen molar-refractivity contribution in [2.75, 3.05) is 14.2 Å². The monoisotopic (exact) mass is 477 g/mol. The number of halogens is 1. The number of nitrogens with one attached hydrogen (secondary N) is 2. The Bertz CT molecular complexity index is 864. The molecule has 1 heterocycles. The second-order valence-electron chi connectivity index (χ2n) is 5.68. The van der Waals surface area contributed by atoms with Gasteiger partial charge in [0.2, 0.25) is 0 Å². The summed E-state index contributed by atoms with van der Waals surface area (Å²) >= 11 is 0. The van der Waals surface area contributed by atoms with Gasteiger partial charge in [-0.1, -0.05) is 36.4 Å². The maximum absolute atomic E-state index is 5.37. The molecule has 0 saturated carbocycles. The van der Waals surface area contributed by atoms with Crippen LogP contribution in [0.15, 0.2) is 71.9 Å². The largest absolute Gasteiger partial charge is 0.496 e. The predicted molar refractivity (Wildman–Crippen MR) is 119 cm³/mol. The third kappa shape index (κ3) is 5.72. The van der Waals surface area contributed by atoms with Crippen molar-refractivity contribution in [2.24, 2.45) is 4.99 Å². The first-order valence-electron chi connectivity index (χ1n) is 8.46. The minimum absolute atomic E-state index is 0. The molecule has 0 spiro atoms. The normalized spacial score (nSPS) is 10.8. The molecule has 27 heavy (non-hydrogen) atoms. The van der Waals surface area contributed by atoms with Crippen LogP contribution in [0.1, 0.15) is 11.3 Å². The zero-order chi connectivity index (χ0) is 18.2. The SMILES string of the molecule is CN=C(NCc1ccn(-c2ccccc2)n1)NCc1ccccc1OC.I. The fourth-order valence-electron chi connectivity index (χ4n) is 2.60. The van der Waals surface area contributed by atoms with Crippen molar-refractivity contribution in [3.05, 3.63) is 78.1 Å². The Kier molecular flexibility index (Phi) is 8.12. The molecule has 6 nitrogen and oxygen atoms in total. The Labute approximate surface area is 176 Å². The minimum atomic E-state index is 0. The van der Waals surface area contributed by atoms with Crippen LogP contribution in [-0.4, -0.2) is 29.9 Å². The van der Waals surface area contributed by atoms with Gasteiger partial charge in [0.05, 0.1) is 25.0 Å². The van der Waals surface area contributed by atoms with E-state index in [0.717, 1.165) is 22.7 Å². The van der Waals surface area contributed by atoms with Gasteiger partial charge in [0.1, 0.15) is 5.75 Å². The van der Waals surface area contributed by atoms with Crippen molar-refractivity contribution < 1.29 is 4.74 Å². The van der Waals surface area contributed by atoms with Crippen LogP contribution in [0.4, 0.5) is 0 Å². The number of guanidine groups is 1. The van der Waals surface area contributed by atoms with E-state index in [1.807, 2.05) is 71.5 Å². The molecular weight excluding hydrogens is 453 g/mol. The molecule has 0 aliphatic rings. The van der Waals surface area contributed by atoms with E-state index in [0.29, 0.717) is 19.0 Å². The lowest BCUT2D eigenvalue weighted by Crippen LogP contribution is -2.36. The molecule has 0 bridgehead atoms. The lowest BCUT2D eigenvalue weighted by atomic mass is 10.2. The van der Waals surface area contributed by atoms with Crippen LogP contribution in [-0.2, 0) is 13.1 Å². The summed E-state index contributed by atoms with van der Waals surface area (Å²) in [5, 5.41) is 11.2. The number of aromatic nitrogens is 2. The smallest absolute Gasteiger partial charge is 0.191 e. The van der Waals surface area contributed by atoms with Gasteiger partial charge in [-0.15, -0.1) is 24.0 Å². The number of hydrogen-bond donors (Lipinski definition) is 2. The summed E-state index contributed by atoms with van der Waals surface area (Å²) < 4.78 is 7.24. The molecule has 3 rings (SSSR count). The quantitative estimate of drug-likeness (QED) is 0.325. The van der Waals surface area contributed by atoms with E-state index >= 15 is 0 Å². The molecule has 3 aromatic rings. The summed E-state index contributed by atoms with van der Waals surface area (Å²) in [7, 11) is 3.43. The number of benzene rings is 2. The van der Waals surface area contributed by atoms with Gasteiger partial charge in [-0.05, 0) is 24.3 Å². The highest BCUT2D eigenvalue weighted by Gasteiger charge is 2.05. The maximum Gasteiger partial charge on any atom is 0.191 e. The Morgan fingerprint density at radius 1 is 1.00 bits per heavy atom. The fraction of sp³-hybridized carbons (Fsp3) is 0.200. The van der Waals surface area contributed by atoms with E-state index < -0.39 is 0 Å². The van der Waals surface area contributed by atoms with Gasteiger partial charge in [-0.25, -0.2) is 4.68 Å². The lowest BCUT2D eigenvalue weighted by Gasteiger charge is -2.13. The van der Waals surface area contributed by atoms with E-state index in [1.54, 1.807) is 14.2 Å². The molecule has 0 saturated heterocycles. The summed E-state index contributed by atoms with van der Waals surface area (Å²) in [4.78, 5) is 4.26. The molecule has 0 aliphatic heterocycles. The highest BCUT2D eigenvalue weighted by atomic mass is 127. The Morgan fingerprint density at radius 2 is 1.70 bits per heavy atom. The second kappa shape index (κ2) is 10.6. The number of rotatable bonds is 6. The first-order chi connectivity index (χ1) is 12.8. The lowest BCUT2D eigenvalue weighted by molar-refractivity contribution is 0.409. The fourth-order valence-corrected chi connectivity index (χ4v) is 2.60. The van der Waals surface area contributed by atoms with Gasteiger partial charge in [0.25, 0.3) is 0 Å². The summed E-state index contributed by atoms with van der Waals surface area (Å²) in [6, 6.07) is 20.0. The number of ether oxygens (including phenoxy) is 1. The summed E-state index contributed by atoms with van der Waals surface area (Å²) in [6.07, 6.45) is 1.96. The average Bonchev–Trinajstić information content (AvgIpc) is 3.18. The Balaban J connectivity index is 0.00000261. The first kappa shape index (κ1) is 20.8. The van der Waals surface area contributed by atoms with Crippen LogP contribution in [0, 0.1) is 0 Å². The summed E-state index contributed by atoms with van der Waals surface area (Å²) in [6.45, 7) is 1.22. The summed E-state index contributed by atoms with van der Waals surface area (Å²) in [5.74, 6) is 1.57. The molecule has 0 fully saturated rings. The van der Waals surface area contributed by atoms with Gasteiger partial charge < -0.3 is 15.4 Å². The van der Waals surface area contributed by atoms with Gasteiger partial charge in [-0.3, -0.25) is 4.99 Å². The molecule has 0 radical (unpaired) electrons. The van der Waals surface area contributed by atoms with E-state index in [4.69, 9.17) is 4.74 Å². The van der Waals surface area contributed by atoms with E-state index in [2.05, 4.69) is 20.7 Å². The minimum Gasteiger partial charge on any atom is -0.496 e.